The van der Waals surface area contributed by atoms with Crippen LogP contribution in [0.3, 0.4) is 0 Å². The Hall–Kier alpha value is -1.95. The van der Waals surface area contributed by atoms with Gasteiger partial charge in [0.1, 0.15) is 0 Å². The van der Waals surface area contributed by atoms with Crippen molar-refractivity contribution < 1.29 is 9.59 Å². The Bertz CT molecular complexity index is 751. The highest BCUT2D eigenvalue weighted by atomic mass is 79.9. The molecule has 0 radical (unpaired) electrons. The van der Waals surface area contributed by atoms with Gasteiger partial charge in [-0.2, -0.15) is 5.10 Å². The monoisotopic (exact) mass is 347 g/mol. The summed E-state index contributed by atoms with van der Waals surface area (Å²) in [5.41, 5.74) is 2.94. The second-order valence-electron chi connectivity index (χ2n) is 4.97. The number of carbonyl (C=O) groups excluding carboxylic acids is 2. The summed E-state index contributed by atoms with van der Waals surface area (Å²) in [6.45, 7) is 5.00. The van der Waals surface area contributed by atoms with Crippen LogP contribution in [-0.2, 0) is 17.9 Å². The van der Waals surface area contributed by atoms with E-state index in [0.717, 1.165) is 22.4 Å². The van der Waals surface area contributed by atoms with E-state index in [1.54, 1.807) is 12.1 Å². The van der Waals surface area contributed by atoms with Gasteiger partial charge in [0.2, 0.25) is 0 Å². The average molecular weight is 348 g/mol. The summed E-state index contributed by atoms with van der Waals surface area (Å²) in [5.74, 6) is -0.935. The molecule has 0 fully saturated rings. The van der Waals surface area contributed by atoms with Crippen LogP contribution >= 0.6 is 15.9 Å². The van der Waals surface area contributed by atoms with Gasteiger partial charge in [0, 0.05) is 11.0 Å². The van der Waals surface area contributed by atoms with Crippen LogP contribution in [0.15, 0.2) is 28.7 Å². The van der Waals surface area contributed by atoms with Gasteiger partial charge in [-0.05, 0) is 38.1 Å². The molecule has 1 aliphatic heterocycles. The van der Waals surface area contributed by atoms with E-state index in [1.807, 2.05) is 30.7 Å². The molecule has 0 atom stereocenters. The van der Waals surface area contributed by atoms with Crippen LogP contribution in [0, 0.1) is 6.92 Å². The minimum absolute atomic E-state index is 0.355. The van der Waals surface area contributed by atoms with Crippen LogP contribution in [-0.4, -0.2) is 21.5 Å². The number of carbonyl (C=O) groups is 2. The molecule has 2 heterocycles. The number of rotatable bonds is 3. The van der Waals surface area contributed by atoms with Crippen LogP contribution in [0.1, 0.15) is 28.7 Å². The van der Waals surface area contributed by atoms with Crippen molar-refractivity contribution in [2.75, 3.05) is 4.90 Å². The zero-order valence-electron chi connectivity index (χ0n) is 11.8. The maximum Gasteiger partial charge on any atom is 0.299 e. The number of hydrogen-bond acceptors (Lipinski definition) is 3. The van der Waals surface area contributed by atoms with Gasteiger partial charge in [0.25, 0.3) is 11.7 Å². The number of halogens is 1. The Balaban J connectivity index is 2.00. The number of amides is 1. The highest BCUT2D eigenvalue weighted by Crippen LogP contribution is 2.32. The maximum atomic E-state index is 12.2. The summed E-state index contributed by atoms with van der Waals surface area (Å²) in [4.78, 5) is 25.8. The molecule has 0 spiro atoms. The van der Waals surface area contributed by atoms with Gasteiger partial charge >= 0.3 is 0 Å². The molecule has 0 saturated carbocycles. The van der Waals surface area contributed by atoms with Gasteiger partial charge in [-0.1, -0.05) is 15.9 Å². The van der Waals surface area contributed by atoms with Crippen molar-refractivity contribution in [2.24, 2.45) is 0 Å². The first kappa shape index (κ1) is 14.0. The van der Waals surface area contributed by atoms with Crippen LogP contribution in [0.2, 0.25) is 0 Å². The lowest BCUT2D eigenvalue weighted by Crippen LogP contribution is -2.30. The van der Waals surface area contributed by atoms with E-state index < -0.39 is 11.7 Å². The quantitative estimate of drug-likeness (QED) is 0.802. The maximum absolute atomic E-state index is 12.2. The standard InChI is InChI=1S/C15H14BrN3O2/c1-3-19-11(6-9(2)17-19)8-18-13-5-4-10(16)7-12(13)14(20)15(18)21/h4-7H,3,8H2,1-2H3. The number of nitrogens with zero attached hydrogens (tertiary/aromatic N) is 3. The molecule has 1 aromatic heterocycles. The SMILES string of the molecule is CCn1nc(C)cc1CN1C(=O)C(=O)c2cc(Br)ccc21. The van der Waals surface area contributed by atoms with Crippen molar-refractivity contribution in [3.8, 4) is 0 Å². The number of ketones is 1. The highest BCUT2D eigenvalue weighted by Gasteiger charge is 2.36. The lowest BCUT2D eigenvalue weighted by Gasteiger charge is -2.17. The number of benzene rings is 1. The highest BCUT2D eigenvalue weighted by molar-refractivity contribution is 9.10. The lowest BCUT2D eigenvalue weighted by molar-refractivity contribution is -0.114. The molecule has 1 amide bonds. The smallest absolute Gasteiger partial charge is 0.299 e. The van der Waals surface area contributed by atoms with Crippen LogP contribution in [0.25, 0.3) is 0 Å². The summed E-state index contributed by atoms with van der Waals surface area (Å²) in [5, 5.41) is 4.37. The second-order valence-corrected chi connectivity index (χ2v) is 5.89. The molecule has 0 unspecified atom stereocenters. The van der Waals surface area contributed by atoms with E-state index in [-0.39, 0.29) is 0 Å². The Labute approximate surface area is 130 Å². The number of Topliss-reactive ketones (excluding diaryl/α,β-unsaturated/α-hetero) is 1. The predicted octanol–water partition coefficient (Wildman–Crippen LogP) is 2.70. The molecule has 0 saturated heterocycles. The molecule has 21 heavy (non-hydrogen) atoms. The third-order valence-electron chi connectivity index (χ3n) is 3.54. The molecule has 0 aliphatic carbocycles. The third-order valence-corrected chi connectivity index (χ3v) is 4.03. The number of aryl methyl sites for hydroxylation is 2. The van der Waals surface area contributed by atoms with E-state index >= 15 is 0 Å². The fourth-order valence-corrected chi connectivity index (χ4v) is 2.95. The second kappa shape index (κ2) is 5.11. The zero-order valence-corrected chi connectivity index (χ0v) is 13.3. The average Bonchev–Trinajstić information content (AvgIpc) is 2.92. The summed E-state index contributed by atoms with van der Waals surface area (Å²) < 4.78 is 2.64. The van der Waals surface area contributed by atoms with Gasteiger partial charge in [-0.3, -0.25) is 19.2 Å². The lowest BCUT2D eigenvalue weighted by atomic mass is 10.1. The van der Waals surface area contributed by atoms with E-state index in [9.17, 15) is 9.59 Å². The van der Waals surface area contributed by atoms with Gasteiger partial charge in [-0.25, -0.2) is 0 Å². The summed E-state index contributed by atoms with van der Waals surface area (Å²) in [7, 11) is 0. The van der Waals surface area contributed by atoms with Gasteiger partial charge in [0.05, 0.1) is 29.2 Å². The molecule has 5 nitrogen and oxygen atoms in total. The van der Waals surface area contributed by atoms with Crippen molar-refractivity contribution in [3.05, 3.63) is 45.7 Å². The normalized spacial score (nSPS) is 14.0. The summed E-state index contributed by atoms with van der Waals surface area (Å²) >= 11 is 3.33. The van der Waals surface area contributed by atoms with E-state index in [4.69, 9.17) is 0 Å². The predicted molar refractivity (Wildman–Crippen MR) is 82.3 cm³/mol. The van der Waals surface area contributed by atoms with Crippen LogP contribution in [0.4, 0.5) is 5.69 Å². The fourth-order valence-electron chi connectivity index (χ4n) is 2.59. The molecule has 0 N–H and O–H groups in total. The van der Waals surface area contributed by atoms with Crippen LogP contribution < -0.4 is 4.90 Å². The van der Waals surface area contributed by atoms with Gasteiger partial charge in [-0.15, -0.1) is 0 Å². The van der Waals surface area contributed by atoms with E-state index in [0.29, 0.717) is 17.8 Å². The van der Waals surface area contributed by atoms with Crippen molar-refractivity contribution >= 4 is 33.3 Å². The molecular weight excluding hydrogens is 334 g/mol. The topological polar surface area (TPSA) is 55.2 Å². The molecule has 1 aromatic carbocycles. The molecule has 108 valence electrons. The van der Waals surface area contributed by atoms with Crippen LogP contribution in [0.5, 0.6) is 0 Å². The largest absolute Gasteiger partial charge is 0.299 e. The molecule has 3 rings (SSSR count). The van der Waals surface area contributed by atoms with E-state index in [1.165, 1.54) is 4.90 Å². The zero-order chi connectivity index (χ0) is 15.1. The number of fused-ring (bicyclic) bond motifs is 1. The van der Waals surface area contributed by atoms with Crippen molar-refractivity contribution in [1.29, 1.82) is 0 Å². The van der Waals surface area contributed by atoms with Gasteiger partial charge < -0.3 is 0 Å². The number of aromatic nitrogens is 2. The first-order valence-corrected chi connectivity index (χ1v) is 7.49. The van der Waals surface area contributed by atoms with E-state index in [2.05, 4.69) is 21.0 Å². The summed E-state index contributed by atoms with van der Waals surface area (Å²) in [6.07, 6.45) is 0. The minimum Gasteiger partial charge on any atom is -0.299 e. The Morgan fingerprint density at radius 2 is 2.00 bits per heavy atom. The Kier molecular flexibility index (Phi) is 3.41. The summed E-state index contributed by atoms with van der Waals surface area (Å²) in [6, 6.07) is 7.26. The fraction of sp³-hybridized carbons (Fsp3) is 0.267. The van der Waals surface area contributed by atoms with Crippen molar-refractivity contribution in [3.63, 3.8) is 0 Å². The van der Waals surface area contributed by atoms with Gasteiger partial charge in [0.15, 0.2) is 0 Å². The first-order chi connectivity index (χ1) is 10.0. The molecular formula is C15H14BrN3O2. The Morgan fingerprint density at radius 3 is 2.71 bits per heavy atom. The molecule has 2 aromatic rings. The molecule has 1 aliphatic rings. The molecule has 0 bridgehead atoms. The third kappa shape index (κ3) is 2.29. The molecule has 6 heteroatoms. The number of hydrogen-bond donors (Lipinski definition) is 0. The minimum atomic E-state index is -0.482. The Morgan fingerprint density at radius 1 is 1.24 bits per heavy atom. The first-order valence-electron chi connectivity index (χ1n) is 6.70. The number of anilines is 1. The van der Waals surface area contributed by atoms with Crippen molar-refractivity contribution in [2.45, 2.75) is 26.9 Å². The van der Waals surface area contributed by atoms with Crippen molar-refractivity contribution in [1.82, 2.24) is 9.78 Å².